The number of rotatable bonds is 4. The zero-order valence-electron chi connectivity index (χ0n) is 11.3. The predicted octanol–water partition coefficient (Wildman–Crippen LogP) is 2.56. The van der Waals surface area contributed by atoms with Gasteiger partial charge >= 0.3 is 5.97 Å². The second-order valence-corrected chi connectivity index (χ2v) is 4.52. The van der Waals surface area contributed by atoms with Gasteiger partial charge in [-0.2, -0.15) is 0 Å². The molecule has 1 aromatic heterocycles. The lowest BCUT2D eigenvalue weighted by Gasteiger charge is -2.16. The Hall–Kier alpha value is -2.56. The molecule has 104 valence electrons. The van der Waals surface area contributed by atoms with Gasteiger partial charge in [0.1, 0.15) is 11.5 Å². The third-order valence-corrected chi connectivity index (χ3v) is 2.92. The Morgan fingerprint density at radius 1 is 1.15 bits per heavy atom. The van der Waals surface area contributed by atoms with E-state index in [1.54, 1.807) is 25.2 Å². The molecule has 2 rings (SSSR count). The minimum atomic E-state index is -1.11. The quantitative estimate of drug-likeness (QED) is 0.929. The molecule has 1 heterocycles. The highest BCUT2D eigenvalue weighted by molar-refractivity contribution is 6.04. The fraction of sp³-hybridized carbons (Fsp3) is 0.200. The van der Waals surface area contributed by atoms with Crippen LogP contribution in [0.5, 0.6) is 0 Å². The topological polar surface area (TPSA) is 70.8 Å². The zero-order valence-corrected chi connectivity index (χ0v) is 11.3. The van der Waals surface area contributed by atoms with Crippen LogP contribution in [0.25, 0.3) is 0 Å². The molecule has 0 spiro atoms. The third-order valence-electron chi connectivity index (χ3n) is 2.92. The summed E-state index contributed by atoms with van der Waals surface area (Å²) < 4.78 is 5.41. The fourth-order valence-electron chi connectivity index (χ4n) is 1.94. The molecule has 0 atom stereocenters. The van der Waals surface area contributed by atoms with Crippen molar-refractivity contribution in [3.05, 3.63) is 59.0 Å². The molecule has 0 aliphatic carbocycles. The summed E-state index contributed by atoms with van der Waals surface area (Å²) in [7, 11) is 1.61. The Bertz CT molecular complexity index is 645. The first-order valence-corrected chi connectivity index (χ1v) is 6.12. The van der Waals surface area contributed by atoms with E-state index in [-0.39, 0.29) is 17.0 Å². The van der Waals surface area contributed by atoms with Crippen LogP contribution in [0.15, 0.2) is 40.8 Å². The predicted molar refractivity (Wildman–Crippen MR) is 72.6 cm³/mol. The molecule has 1 aromatic carbocycles. The molecular weight excluding hydrogens is 258 g/mol. The second kappa shape index (κ2) is 5.61. The van der Waals surface area contributed by atoms with Gasteiger partial charge < -0.3 is 14.4 Å². The summed E-state index contributed by atoms with van der Waals surface area (Å²) in [5.41, 5.74) is 0.172. The fourth-order valence-corrected chi connectivity index (χ4v) is 1.94. The average molecular weight is 273 g/mol. The van der Waals surface area contributed by atoms with Gasteiger partial charge in [-0.25, -0.2) is 4.79 Å². The number of carbonyl (C=O) groups is 2. The first-order chi connectivity index (χ1) is 9.49. The number of amides is 1. The molecule has 0 saturated heterocycles. The molecule has 2 aromatic rings. The van der Waals surface area contributed by atoms with Gasteiger partial charge in [0.15, 0.2) is 0 Å². The van der Waals surface area contributed by atoms with E-state index < -0.39 is 5.97 Å². The maximum absolute atomic E-state index is 12.3. The van der Waals surface area contributed by atoms with Crippen LogP contribution < -0.4 is 0 Å². The van der Waals surface area contributed by atoms with Crippen LogP contribution >= 0.6 is 0 Å². The smallest absolute Gasteiger partial charge is 0.336 e. The normalized spacial score (nSPS) is 10.3. The van der Waals surface area contributed by atoms with Gasteiger partial charge in [0.25, 0.3) is 5.91 Å². The van der Waals surface area contributed by atoms with Gasteiger partial charge in [0, 0.05) is 7.05 Å². The van der Waals surface area contributed by atoms with E-state index in [0.29, 0.717) is 12.3 Å². The highest BCUT2D eigenvalue weighted by atomic mass is 16.4. The number of aromatic carboxylic acids is 1. The highest BCUT2D eigenvalue weighted by Crippen LogP contribution is 2.14. The van der Waals surface area contributed by atoms with Gasteiger partial charge in [0.05, 0.1) is 17.7 Å². The average Bonchev–Trinajstić information content (AvgIpc) is 2.83. The van der Waals surface area contributed by atoms with Crippen molar-refractivity contribution in [2.45, 2.75) is 13.5 Å². The first kappa shape index (κ1) is 13.9. The van der Waals surface area contributed by atoms with Crippen molar-refractivity contribution in [3.63, 3.8) is 0 Å². The van der Waals surface area contributed by atoms with Crippen molar-refractivity contribution in [1.82, 2.24) is 4.90 Å². The summed E-state index contributed by atoms with van der Waals surface area (Å²) in [6.07, 6.45) is 0. The summed E-state index contributed by atoms with van der Waals surface area (Å²) in [4.78, 5) is 24.9. The van der Waals surface area contributed by atoms with Crippen LogP contribution in [0, 0.1) is 6.92 Å². The lowest BCUT2D eigenvalue weighted by molar-refractivity contribution is 0.0679. The van der Waals surface area contributed by atoms with E-state index in [0.717, 1.165) is 5.76 Å². The van der Waals surface area contributed by atoms with Crippen molar-refractivity contribution < 1.29 is 19.1 Å². The van der Waals surface area contributed by atoms with Gasteiger partial charge in [-0.3, -0.25) is 4.79 Å². The molecule has 0 radical (unpaired) electrons. The molecule has 0 aliphatic rings. The third kappa shape index (κ3) is 2.88. The lowest BCUT2D eigenvalue weighted by atomic mass is 10.1. The molecule has 5 nitrogen and oxygen atoms in total. The van der Waals surface area contributed by atoms with Crippen molar-refractivity contribution in [2.24, 2.45) is 0 Å². The van der Waals surface area contributed by atoms with E-state index in [1.807, 2.05) is 13.0 Å². The van der Waals surface area contributed by atoms with Crippen LogP contribution in [0.3, 0.4) is 0 Å². The van der Waals surface area contributed by atoms with E-state index in [2.05, 4.69) is 0 Å². The van der Waals surface area contributed by atoms with Crippen LogP contribution in [-0.2, 0) is 6.54 Å². The van der Waals surface area contributed by atoms with Gasteiger partial charge in [-0.1, -0.05) is 12.1 Å². The van der Waals surface area contributed by atoms with Crippen molar-refractivity contribution in [1.29, 1.82) is 0 Å². The summed E-state index contributed by atoms with van der Waals surface area (Å²) >= 11 is 0. The molecule has 1 amide bonds. The lowest BCUT2D eigenvalue weighted by Crippen LogP contribution is -2.27. The van der Waals surface area contributed by atoms with Crippen LogP contribution in [0.1, 0.15) is 32.2 Å². The minimum Gasteiger partial charge on any atom is -0.478 e. The number of furan rings is 1. The molecule has 5 heteroatoms. The summed E-state index contributed by atoms with van der Waals surface area (Å²) in [6.45, 7) is 2.12. The largest absolute Gasteiger partial charge is 0.478 e. The highest BCUT2D eigenvalue weighted by Gasteiger charge is 2.19. The second-order valence-electron chi connectivity index (χ2n) is 4.52. The first-order valence-electron chi connectivity index (χ1n) is 6.12. The number of carbonyl (C=O) groups excluding carboxylic acids is 1. The molecule has 0 aliphatic heterocycles. The number of carboxylic acid groups (broad SMARTS) is 1. The number of hydrogen-bond acceptors (Lipinski definition) is 3. The Morgan fingerprint density at radius 2 is 1.80 bits per heavy atom. The molecule has 0 bridgehead atoms. The zero-order chi connectivity index (χ0) is 14.7. The molecule has 20 heavy (non-hydrogen) atoms. The number of hydrogen-bond donors (Lipinski definition) is 1. The maximum Gasteiger partial charge on any atom is 0.336 e. The standard InChI is InChI=1S/C15H15NO4/c1-10-7-8-11(20-10)9-16(2)14(17)12-5-3-4-6-13(12)15(18)19/h3-8H,9H2,1-2H3,(H,18,19). The summed E-state index contributed by atoms with van der Waals surface area (Å²) in [6, 6.07) is 9.78. The number of benzene rings is 1. The Balaban J connectivity index is 2.20. The Morgan fingerprint density at radius 3 is 2.35 bits per heavy atom. The van der Waals surface area contributed by atoms with Crippen LogP contribution in [-0.4, -0.2) is 28.9 Å². The summed E-state index contributed by atoms with van der Waals surface area (Å²) in [5, 5.41) is 9.10. The summed E-state index contributed by atoms with van der Waals surface area (Å²) in [5.74, 6) is -0.0359. The van der Waals surface area contributed by atoms with E-state index in [4.69, 9.17) is 9.52 Å². The van der Waals surface area contributed by atoms with Crippen molar-refractivity contribution >= 4 is 11.9 Å². The number of carboxylic acids is 1. The molecule has 0 fully saturated rings. The van der Waals surface area contributed by atoms with Crippen molar-refractivity contribution in [3.8, 4) is 0 Å². The maximum atomic E-state index is 12.3. The Labute approximate surface area is 116 Å². The van der Waals surface area contributed by atoms with Gasteiger partial charge in [0.2, 0.25) is 0 Å². The SMILES string of the molecule is Cc1ccc(CN(C)C(=O)c2ccccc2C(=O)O)o1. The van der Waals surface area contributed by atoms with E-state index in [9.17, 15) is 9.59 Å². The van der Waals surface area contributed by atoms with Crippen LogP contribution in [0.2, 0.25) is 0 Å². The molecular formula is C15H15NO4. The van der Waals surface area contributed by atoms with Crippen LogP contribution in [0.4, 0.5) is 0 Å². The van der Waals surface area contributed by atoms with Gasteiger partial charge in [-0.15, -0.1) is 0 Å². The number of aryl methyl sites for hydroxylation is 1. The number of nitrogens with zero attached hydrogens (tertiary/aromatic N) is 1. The monoisotopic (exact) mass is 273 g/mol. The minimum absolute atomic E-state index is 0.0000227. The Kier molecular flexibility index (Phi) is 3.89. The molecule has 0 unspecified atom stereocenters. The van der Waals surface area contributed by atoms with E-state index >= 15 is 0 Å². The molecule has 0 saturated carbocycles. The van der Waals surface area contributed by atoms with Gasteiger partial charge in [-0.05, 0) is 31.2 Å². The molecule has 1 N–H and O–H groups in total. The van der Waals surface area contributed by atoms with E-state index in [1.165, 1.54) is 17.0 Å². The van der Waals surface area contributed by atoms with Crippen molar-refractivity contribution in [2.75, 3.05) is 7.05 Å².